The molecule has 0 aromatic heterocycles. The van der Waals surface area contributed by atoms with E-state index >= 15 is 0 Å². The molecule has 0 aliphatic carbocycles. The first kappa shape index (κ1) is 13.1. The molecule has 1 fully saturated rings. The zero-order valence-corrected chi connectivity index (χ0v) is 11.3. The summed E-state index contributed by atoms with van der Waals surface area (Å²) in [5, 5.41) is 2.96. The number of nitrogens with zero attached hydrogens (tertiary/aromatic N) is 1. The van der Waals surface area contributed by atoms with Crippen molar-refractivity contribution >= 4 is 5.91 Å². The molecule has 1 atom stereocenters. The molecule has 1 aromatic carbocycles. The van der Waals surface area contributed by atoms with Gasteiger partial charge in [-0.2, -0.15) is 0 Å². The zero-order chi connectivity index (χ0) is 13.0. The number of aryl methyl sites for hydroxylation is 1. The molecule has 1 unspecified atom stereocenters. The molecule has 0 saturated carbocycles. The van der Waals surface area contributed by atoms with Crippen LogP contribution < -0.4 is 5.32 Å². The summed E-state index contributed by atoms with van der Waals surface area (Å²) in [6, 6.07) is 8.97. The number of rotatable bonds is 4. The Morgan fingerprint density at radius 1 is 1.28 bits per heavy atom. The van der Waals surface area contributed by atoms with E-state index in [9.17, 15) is 4.79 Å². The van der Waals surface area contributed by atoms with Crippen molar-refractivity contribution in [2.24, 2.45) is 0 Å². The molecule has 3 nitrogen and oxygen atoms in total. The largest absolute Gasteiger partial charge is 0.354 e. The molecular formula is C15H22N2O. The summed E-state index contributed by atoms with van der Waals surface area (Å²) in [5.74, 6) is 0.0475. The predicted molar refractivity (Wildman–Crippen MR) is 73.4 cm³/mol. The molecule has 98 valence electrons. The summed E-state index contributed by atoms with van der Waals surface area (Å²) < 4.78 is 0. The van der Waals surface area contributed by atoms with Gasteiger partial charge in [-0.25, -0.2) is 0 Å². The van der Waals surface area contributed by atoms with Gasteiger partial charge in [0.2, 0.25) is 5.91 Å². The lowest BCUT2D eigenvalue weighted by molar-refractivity contribution is -0.119. The van der Waals surface area contributed by atoms with Crippen LogP contribution in [0.25, 0.3) is 0 Å². The molecule has 1 aliphatic heterocycles. The van der Waals surface area contributed by atoms with Gasteiger partial charge in [-0.1, -0.05) is 29.8 Å². The van der Waals surface area contributed by atoms with Crippen molar-refractivity contribution in [3.8, 4) is 0 Å². The third-order valence-electron chi connectivity index (χ3n) is 3.59. The highest BCUT2D eigenvalue weighted by Crippen LogP contribution is 2.24. The van der Waals surface area contributed by atoms with E-state index in [1.54, 1.807) is 6.92 Å². The number of nitrogens with one attached hydrogen (secondary N) is 1. The van der Waals surface area contributed by atoms with Gasteiger partial charge < -0.3 is 5.32 Å². The van der Waals surface area contributed by atoms with Gasteiger partial charge in [-0.3, -0.25) is 9.69 Å². The van der Waals surface area contributed by atoms with E-state index in [4.69, 9.17) is 0 Å². The SMILES string of the molecule is CC(=O)NCC(c1ccc(C)cc1)N1CCCC1. The number of hydrogen-bond donors (Lipinski definition) is 1. The summed E-state index contributed by atoms with van der Waals surface area (Å²) >= 11 is 0. The first-order valence-electron chi connectivity index (χ1n) is 6.72. The Labute approximate surface area is 109 Å². The quantitative estimate of drug-likeness (QED) is 0.884. The fourth-order valence-corrected chi connectivity index (χ4v) is 2.54. The van der Waals surface area contributed by atoms with E-state index in [1.165, 1.54) is 24.0 Å². The molecule has 1 aliphatic rings. The van der Waals surface area contributed by atoms with Crippen LogP contribution in [0, 0.1) is 6.92 Å². The molecule has 0 radical (unpaired) electrons. The van der Waals surface area contributed by atoms with Gasteiger partial charge in [0.05, 0.1) is 6.04 Å². The molecule has 1 N–H and O–H groups in total. The summed E-state index contributed by atoms with van der Waals surface area (Å²) in [5.41, 5.74) is 2.58. The number of hydrogen-bond acceptors (Lipinski definition) is 2. The maximum Gasteiger partial charge on any atom is 0.216 e. The minimum Gasteiger partial charge on any atom is -0.354 e. The average molecular weight is 246 g/mol. The second-order valence-electron chi connectivity index (χ2n) is 5.11. The Hall–Kier alpha value is -1.35. The van der Waals surface area contributed by atoms with Crippen molar-refractivity contribution in [1.29, 1.82) is 0 Å². The lowest BCUT2D eigenvalue weighted by Crippen LogP contribution is -2.35. The molecule has 0 spiro atoms. The third-order valence-corrected chi connectivity index (χ3v) is 3.59. The van der Waals surface area contributed by atoms with Crippen molar-refractivity contribution in [2.75, 3.05) is 19.6 Å². The van der Waals surface area contributed by atoms with Gasteiger partial charge in [-0.15, -0.1) is 0 Å². The fraction of sp³-hybridized carbons (Fsp3) is 0.533. The standard InChI is InChI=1S/C15H22N2O/c1-12-5-7-14(8-6-12)15(11-16-13(2)18)17-9-3-4-10-17/h5-8,15H,3-4,9-11H2,1-2H3,(H,16,18). The Morgan fingerprint density at radius 2 is 1.89 bits per heavy atom. The highest BCUT2D eigenvalue weighted by atomic mass is 16.1. The smallest absolute Gasteiger partial charge is 0.216 e. The number of benzene rings is 1. The molecule has 2 rings (SSSR count). The second kappa shape index (κ2) is 6.01. The summed E-state index contributed by atoms with van der Waals surface area (Å²) in [6.45, 7) is 6.66. The molecule has 0 bridgehead atoms. The van der Waals surface area contributed by atoms with Crippen LogP contribution in [-0.4, -0.2) is 30.4 Å². The lowest BCUT2D eigenvalue weighted by Gasteiger charge is -2.28. The monoisotopic (exact) mass is 246 g/mol. The summed E-state index contributed by atoms with van der Waals surface area (Å²) in [6.07, 6.45) is 2.53. The Balaban J connectivity index is 2.12. The van der Waals surface area contributed by atoms with Crippen molar-refractivity contribution in [3.05, 3.63) is 35.4 Å². The Kier molecular flexibility index (Phi) is 4.37. The van der Waals surface area contributed by atoms with E-state index in [0.717, 1.165) is 13.1 Å². The van der Waals surface area contributed by atoms with Crippen LogP contribution in [-0.2, 0) is 4.79 Å². The molecule has 3 heteroatoms. The van der Waals surface area contributed by atoms with Crippen LogP contribution in [0.5, 0.6) is 0 Å². The van der Waals surface area contributed by atoms with Crippen LogP contribution in [0.2, 0.25) is 0 Å². The zero-order valence-electron chi connectivity index (χ0n) is 11.3. The average Bonchev–Trinajstić information content (AvgIpc) is 2.85. The fourth-order valence-electron chi connectivity index (χ4n) is 2.54. The highest BCUT2D eigenvalue weighted by molar-refractivity contribution is 5.72. The highest BCUT2D eigenvalue weighted by Gasteiger charge is 2.23. The molecular weight excluding hydrogens is 224 g/mol. The van der Waals surface area contributed by atoms with Gasteiger partial charge >= 0.3 is 0 Å². The van der Waals surface area contributed by atoms with Crippen LogP contribution in [0.3, 0.4) is 0 Å². The number of amides is 1. The van der Waals surface area contributed by atoms with E-state index < -0.39 is 0 Å². The van der Waals surface area contributed by atoms with Crippen LogP contribution in [0.1, 0.15) is 36.9 Å². The lowest BCUT2D eigenvalue weighted by atomic mass is 10.0. The Bertz CT molecular complexity index is 393. The maximum absolute atomic E-state index is 11.1. The first-order chi connectivity index (χ1) is 8.66. The number of carbonyl (C=O) groups excluding carboxylic acids is 1. The topological polar surface area (TPSA) is 32.3 Å². The molecule has 18 heavy (non-hydrogen) atoms. The minimum atomic E-state index is 0.0475. The number of likely N-dealkylation sites (tertiary alicyclic amines) is 1. The van der Waals surface area contributed by atoms with E-state index in [1.807, 2.05) is 0 Å². The van der Waals surface area contributed by atoms with Gasteiger partial charge in [0.15, 0.2) is 0 Å². The minimum absolute atomic E-state index is 0.0475. The molecule has 1 saturated heterocycles. The van der Waals surface area contributed by atoms with E-state index in [2.05, 4.69) is 41.4 Å². The van der Waals surface area contributed by atoms with Crippen molar-refractivity contribution < 1.29 is 4.79 Å². The number of carbonyl (C=O) groups is 1. The normalized spacial score (nSPS) is 17.7. The molecule has 1 heterocycles. The molecule has 1 aromatic rings. The van der Waals surface area contributed by atoms with Crippen LogP contribution in [0.15, 0.2) is 24.3 Å². The predicted octanol–water partition coefficient (Wildman–Crippen LogP) is 2.27. The van der Waals surface area contributed by atoms with Crippen LogP contribution >= 0.6 is 0 Å². The summed E-state index contributed by atoms with van der Waals surface area (Å²) in [4.78, 5) is 13.6. The summed E-state index contributed by atoms with van der Waals surface area (Å²) in [7, 11) is 0. The van der Waals surface area contributed by atoms with Crippen molar-refractivity contribution in [3.63, 3.8) is 0 Å². The van der Waals surface area contributed by atoms with Crippen LogP contribution in [0.4, 0.5) is 0 Å². The Morgan fingerprint density at radius 3 is 2.44 bits per heavy atom. The van der Waals surface area contributed by atoms with Gasteiger partial charge in [0.25, 0.3) is 0 Å². The first-order valence-corrected chi connectivity index (χ1v) is 6.72. The third kappa shape index (κ3) is 3.33. The second-order valence-corrected chi connectivity index (χ2v) is 5.11. The van der Waals surface area contributed by atoms with Gasteiger partial charge in [-0.05, 0) is 38.4 Å². The van der Waals surface area contributed by atoms with Gasteiger partial charge in [0.1, 0.15) is 0 Å². The van der Waals surface area contributed by atoms with Crippen molar-refractivity contribution in [1.82, 2.24) is 10.2 Å². The molecule has 1 amide bonds. The van der Waals surface area contributed by atoms with Gasteiger partial charge in [0, 0.05) is 13.5 Å². The van der Waals surface area contributed by atoms with E-state index in [0.29, 0.717) is 12.6 Å². The maximum atomic E-state index is 11.1. The van der Waals surface area contributed by atoms with Crippen molar-refractivity contribution in [2.45, 2.75) is 32.7 Å². The van der Waals surface area contributed by atoms with E-state index in [-0.39, 0.29) is 5.91 Å².